The highest BCUT2D eigenvalue weighted by Crippen LogP contribution is 2.25. The molecule has 0 unspecified atom stereocenters. The van der Waals surface area contributed by atoms with E-state index in [2.05, 4.69) is 16.9 Å². The molecule has 0 aliphatic heterocycles. The van der Waals surface area contributed by atoms with E-state index in [0.29, 0.717) is 16.8 Å². The zero-order valence-electron chi connectivity index (χ0n) is 11.8. The molecule has 2 aromatic heterocycles. The summed E-state index contributed by atoms with van der Waals surface area (Å²) in [5.41, 5.74) is 3.34. The van der Waals surface area contributed by atoms with E-state index in [1.807, 2.05) is 36.5 Å². The second kappa shape index (κ2) is 5.69. The summed E-state index contributed by atoms with van der Waals surface area (Å²) in [5.74, 6) is 0. The van der Waals surface area contributed by atoms with Gasteiger partial charge in [0, 0.05) is 18.3 Å². The average molecular weight is 299 g/mol. The van der Waals surface area contributed by atoms with Crippen LogP contribution in [0, 0.1) is 4.77 Å². The second-order valence-electron chi connectivity index (χ2n) is 5.06. The van der Waals surface area contributed by atoms with E-state index in [0.717, 1.165) is 29.5 Å². The van der Waals surface area contributed by atoms with Gasteiger partial charge in [-0.15, -0.1) is 0 Å². The van der Waals surface area contributed by atoms with Crippen LogP contribution in [0.15, 0.2) is 41.3 Å². The number of unbranched alkanes of at least 4 members (excludes halogenated alkanes) is 1. The standard InChI is InChI=1S/C16H17N3OS/c1-2-3-9-19-15(20)14-13(18-16(19)21)12(10-17-14)11-7-5-4-6-8-11/h4-8,10,17H,2-3,9H2,1H3,(H,18,21). The molecule has 0 aliphatic rings. The fraction of sp³-hybridized carbons (Fsp3) is 0.250. The van der Waals surface area contributed by atoms with Crippen LogP contribution in [0.1, 0.15) is 19.8 Å². The molecule has 2 N–H and O–H groups in total. The van der Waals surface area contributed by atoms with E-state index >= 15 is 0 Å². The Kier molecular flexibility index (Phi) is 3.75. The van der Waals surface area contributed by atoms with Gasteiger partial charge in [-0.3, -0.25) is 9.36 Å². The van der Waals surface area contributed by atoms with Gasteiger partial charge in [0.1, 0.15) is 5.52 Å². The third kappa shape index (κ3) is 2.45. The Morgan fingerprint density at radius 2 is 1.95 bits per heavy atom. The Labute approximate surface area is 127 Å². The Morgan fingerprint density at radius 1 is 1.19 bits per heavy atom. The number of hydrogen-bond acceptors (Lipinski definition) is 2. The summed E-state index contributed by atoms with van der Waals surface area (Å²) < 4.78 is 2.12. The van der Waals surface area contributed by atoms with Crippen molar-refractivity contribution in [3.63, 3.8) is 0 Å². The van der Waals surface area contributed by atoms with Crippen LogP contribution in [0.4, 0.5) is 0 Å². The molecule has 0 amide bonds. The predicted octanol–water partition coefficient (Wildman–Crippen LogP) is 3.85. The smallest absolute Gasteiger partial charge is 0.278 e. The maximum atomic E-state index is 12.5. The first-order valence-corrected chi connectivity index (χ1v) is 7.53. The normalized spacial score (nSPS) is 11.1. The molecular weight excluding hydrogens is 282 g/mol. The summed E-state index contributed by atoms with van der Waals surface area (Å²) in [5, 5.41) is 0. The van der Waals surface area contributed by atoms with Gasteiger partial charge in [0.25, 0.3) is 5.56 Å². The van der Waals surface area contributed by atoms with Crippen molar-refractivity contribution in [2.24, 2.45) is 0 Å². The highest BCUT2D eigenvalue weighted by Gasteiger charge is 2.12. The van der Waals surface area contributed by atoms with Crippen LogP contribution < -0.4 is 5.56 Å². The van der Waals surface area contributed by atoms with Crippen LogP contribution in [0.25, 0.3) is 22.2 Å². The van der Waals surface area contributed by atoms with E-state index in [4.69, 9.17) is 12.2 Å². The lowest BCUT2D eigenvalue weighted by atomic mass is 10.1. The van der Waals surface area contributed by atoms with Gasteiger partial charge in [-0.05, 0) is 24.2 Å². The summed E-state index contributed by atoms with van der Waals surface area (Å²) in [6.45, 7) is 2.75. The summed E-state index contributed by atoms with van der Waals surface area (Å²) in [6, 6.07) is 9.96. The topological polar surface area (TPSA) is 53.6 Å². The maximum Gasteiger partial charge on any atom is 0.278 e. The Balaban J connectivity index is 2.21. The van der Waals surface area contributed by atoms with Gasteiger partial charge in [0.2, 0.25) is 0 Å². The van der Waals surface area contributed by atoms with Crippen LogP contribution in [-0.4, -0.2) is 14.5 Å². The molecule has 21 heavy (non-hydrogen) atoms. The zero-order valence-corrected chi connectivity index (χ0v) is 12.7. The minimum absolute atomic E-state index is 0.0515. The van der Waals surface area contributed by atoms with Crippen molar-refractivity contribution in [3.8, 4) is 11.1 Å². The number of fused-ring (bicyclic) bond motifs is 1. The van der Waals surface area contributed by atoms with Crippen molar-refractivity contribution in [3.05, 3.63) is 51.7 Å². The van der Waals surface area contributed by atoms with Gasteiger partial charge >= 0.3 is 0 Å². The number of aromatic amines is 2. The first-order valence-electron chi connectivity index (χ1n) is 7.12. The van der Waals surface area contributed by atoms with Gasteiger partial charge in [-0.25, -0.2) is 0 Å². The number of benzene rings is 1. The zero-order chi connectivity index (χ0) is 14.8. The van der Waals surface area contributed by atoms with Crippen LogP contribution in [-0.2, 0) is 6.54 Å². The summed E-state index contributed by atoms with van der Waals surface area (Å²) in [7, 11) is 0. The first-order chi connectivity index (χ1) is 10.2. The summed E-state index contributed by atoms with van der Waals surface area (Å²) in [4.78, 5) is 18.8. The molecule has 2 heterocycles. The van der Waals surface area contributed by atoms with E-state index in [-0.39, 0.29) is 5.56 Å². The van der Waals surface area contributed by atoms with Gasteiger partial charge in [0.05, 0.1) is 5.52 Å². The lowest BCUT2D eigenvalue weighted by Gasteiger charge is -2.06. The fourth-order valence-corrected chi connectivity index (χ4v) is 2.76. The monoisotopic (exact) mass is 299 g/mol. The molecule has 0 atom stereocenters. The molecule has 0 bridgehead atoms. The summed E-state index contributed by atoms with van der Waals surface area (Å²) in [6.07, 6.45) is 3.82. The molecule has 0 saturated heterocycles. The Morgan fingerprint density at radius 3 is 2.67 bits per heavy atom. The van der Waals surface area contributed by atoms with Crippen LogP contribution in [0.5, 0.6) is 0 Å². The second-order valence-corrected chi connectivity index (χ2v) is 5.45. The lowest BCUT2D eigenvalue weighted by molar-refractivity contribution is 0.600. The fourth-order valence-electron chi connectivity index (χ4n) is 2.49. The van der Waals surface area contributed by atoms with Crippen molar-refractivity contribution < 1.29 is 0 Å². The van der Waals surface area contributed by atoms with E-state index in [9.17, 15) is 4.79 Å². The Bertz CT molecular complexity index is 874. The molecule has 0 aliphatic carbocycles. The molecule has 4 nitrogen and oxygen atoms in total. The van der Waals surface area contributed by atoms with E-state index in [1.54, 1.807) is 4.57 Å². The van der Waals surface area contributed by atoms with Gasteiger partial charge in [-0.2, -0.15) is 0 Å². The minimum Gasteiger partial charge on any atom is -0.355 e. The SMILES string of the molecule is CCCCn1c(=S)[nH]c2c(-c3ccccc3)c[nH]c2c1=O. The number of nitrogens with zero attached hydrogens (tertiary/aromatic N) is 1. The number of nitrogens with one attached hydrogen (secondary N) is 2. The number of hydrogen-bond donors (Lipinski definition) is 2. The largest absolute Gasteiger partial charge is 0.355 e. The third-order valence-electron chi connectivity index (χ3n) is 3.64. The average Bonchev–Trinajstić information content (AvgIpc) is 2.92. The highest BCUT2D eigenvalue weighted by atomic mass is 32.1. The molecule has 0 spiro atoms. The van der Waals surface area contributed by atoms with Crippen LogP contribution in [0.2, 0.25) is 0 Å². The van der Waals surface area contributed by atoms with Crippen molar-refractivity contribution in [1.29, 1.82) is 0 Å². The quantitative estimate of drug-likeness (QED) is 0.719. The maximum absolute atomic E-state index is 12.5. The third-order valence-corrected chi connectivity index (χ3v) is 3.96. The van der Waals surface area contributed by atoms with Crippen LogP contribution >= 0.6 is 12.2 Å². The molecule has 3 aromatic rings. The van der Waals surface area contributed by atoms with Gasteiger partial charge in [0.15, 0.2) is 4.77 Å². The number of rotatable bonds is 4. The minimum atomic E-state index is -0.0515. The molecule has 108 valence electrons. The number of H-pyrrole nitrogens is 2. The molecule has 5 heteroatoms. The van der Waals surface area contributed by atoms with Crippen LogP contribution in [0.3, 0.4) is 0 Å². The summed E-state index contributed by atoms with van der Waals surface area (Å²) >= 11 is 5.35. The molecule has 3 rings (SSSR count). The van der Waals surface area contributed by atoms with Crippen molar-refractivity contribution in [2.75, 3.05) is 0 Å². The first kappa shape index (κ1) is 13.8. The molecule has 1 aromatic carbocycles. The van der Waals surface area contributed by atoms with Crippen molar-refractivity contribution in [2.45, 2.75) is 26.3 Å². The molecule has 0 saturated carbocycles. The molecule has 0 radical (unpaired) electrons. The predicted molar refractivity (Wildman–Crippen MR) is 88.1 cm³/mol. The Hall–Kier alpha value is -2.14. The van der Waals surface area contributed by atoms with E-state index < -0.39 is 0 Å². The molecule has 0 fully saturated rings. The lowest BCUT2D eigenvalue weighted by Crippen LogP contribution is -2.22. The number of aromatic nitrogens is 3. The van der Waals surface area contributed by atoms with Crippen molar-refractivity contribution >= 4 is 23.3 Å². The van der Waals surface area contributed by atoms with E-state index in [1.165, 1.54) is 0 Å². The van der Waals surface area contributed by atoms with Gasteiger partial charge < -0.3 is 9.97 Å². The van der Waals surface area contributed by atoms with Gasteiger partial charge in [-0.1, -0.05) is 43.7 Å². The molecular formula is C16H17N3OS. The van der Waals surface area contributed by atoms with Crippen molar-refractivity contribution in [1.82, 2.24) is 14.5 Å². The highest BCUT2D eigenvalue weighted by molar-refractivity contribution is 7.71.